The highest BCUT2D eigenvalue weighted by atomic mass is 14.7. The molecule has 1 heteroatoms. The molecule has 25 heavy (non-hydrogen) atoms. The van der Waals surface area contributed by atoms with Gasteiger partial charge in [0, 0.05) is 16.3 Å². The predicted octanol–water partition coefficient (Wildman–Crippen LogP) is 6.97. The second kappa shape index (κ2) is 7.06. The normalized spacial score (nSPS) is 12.0. The van der Waals surface area contributed by atoms with Gasteiger partial charge in [-0.3, -0.25) is 0 Å². The third-order valence-electron chi connectivity index (χ3n) is 4.85. The molecule has 0 saturated heterocycles. The Labute approximate surface area is 150 Å². The zero-order valence-electron chi connectivity index (χ0n) is 15.6. The lowest BCUT2D eigenvalue weighted by atomic mass is 9.94. The summed E-state index contributed by atoms with van der Waals surface area (Å²) in [6, 6.07) is 8.77. The van der Waals surface area contributed by atoms with Gasteiger partial charge in [-0.2, -0.15) is 0 Å². The number of rotatable bonds is 4. The highest BCUT2D eigenvalue weighted by molar-refractivity contribution is 6.03. The molecule has 3 aromatic rings. The third kappa shape index (κ3) is 2.80. The molecule has 0 unspecified atom stereocenters. The summed E-state index contributed by atoms with van der Waals surface area (Å²) in [5.41, 5.74) is 8.29. The fraction of sp³-hybridized carbons (Fsp3) is 0.208. The molecule has 0 radical (unpaired) electrons. The number of fused-ring (bicyclic) bond motifs is 2. The van der Waals surface area contributed by atoms with Gasteiger partial charge in [0.15, 0.2) is 0 Å². The van der Waals surface area contributed by atoms with Crippen LogP contribution in [-0.4, -0.2) is 4.98 Å². The van der Waals surface area contributed by atoms with E-state index in [2.05, 4.69) is 75.9 Å². The van der Waals surface area contributed by atoms with Crippen molar-refractivity contribution in [1.29, 1.82) is 0 Å². The zero-order valence-corrected chi connectivity index (χ0v) is 15.6. The summed E-state index contributed by atoms with van der Waals surface area (Å²) in [7, 11) is 0. The van der Waals surface area contributed by atoms with Crippen LogP contribution in [0.2, 0.25) is 0 Å². The maximum absolute atomic E-state index is 5.13. The summed E-state index contributed by atoms with van der Waals surface area (Å²) < 4.78 is 0. The minimum absolute atomic E-state index is 0.965. The molecule has 2 aromatic carbocycles. The maximum atomic E-state index is 5.13. The van der Waals surface area contributed by atoms with Crippen LogP contribution in [0.1, 0.15) is 48.6 Å². The number of pyridine rings is 1. The number of benzene rings is 2. The second-order valence-electron chi connectivity index (χ2n) is 6.29. The van der Waals surface area contributed by atoms with Gasteiger partial charge in [0.1, 0.15) is 0 Å². The van der Waals surface area contributed by atoms with Gasteiger partial charge in [0.05, 0.1) is 11.0 Å². The van der Waals surface area contributed by atoms with Crippen molar-refractivity contribution in [1.82, 2.24) is 4.98 Å². The lowest BCUT2D eigenvalue weighted by molar-refractivity contribution is 1.14. The van der Waals surface area contributed by atoms with Gasteiger partial charge in [0.2, 0.25) is 0 Å². The van der Waals surface area contributed by atoms with Crippen LogP contribution in [0, 0.1) is 6.92 Å². The maximum Gasteiger partial charge on any atom is 0.0790 e. The van der Waals surface area contributed by atoms with E-state index in [1.165, 1.54) is 33.0 Å². The molecule has 0 N–H and O–H groups in total. The molecule has 1 aromatic heterocycles. The molecule has 0 aliphatic rings. The Balaban J connectivity index is 2.51. The number of nitrogens with zero attached hydrogens (tertiary/aromatic N) is 1. The Bertz CT molecular complexity index is 1020. The van der Waals surface area contributed by atoms with Crippen molar-refractivity contribution in [2.24, 2.45) is 0 Å². The quantitative estimate of drug-likeness (QED) is 0.472. The zero-order chi connectivity index (χ0) is 18.0. The van der Waals surface area contributed by atoms with E-state index in [4.69, 9.17) is 4.98 Å². The van der Waals surface area contributed by atoms with E-state index in [9.17, 15) is 0 Å². The first-order valence-corrected chi connectivity index (χ1v) is 8.92. The molecule has 0 bridgehead atoms. The molecule has 0 aliphatic carbocycles. The lowest BCUT2D eigenvalue weighted by Crippen LogP contribution is -1.97. The molecule has 0 atom stereocenters. The van der Waals surface area contributed by atoms with Crippen LogP contribution in [0.5, 0.6) is 0 Å². The largest absolute Gasteiger partial charge is 0.247 e. The van der Waals surface area contributed by atoms with Gasteiger partial charge in [0.25, 0.3) is 0 Å². The van der Waals surface area contributed by atoms with E-state index in [-0.39, 0.29) is 0 Å². The summed E-state index contributed by atoms with van der Waals surface area (Å²) in [5, 5.41) is 2.45. The summed E-state index contributed by atoms with van der Waals surface area (Å²) in [4.78, 5) is 5.13. The van der Waals surface area contributed by atoms with E-state index in [1.54, 1.807) is 0 Å². The Kier molecular flexibility index (Phi) is 4.85. The van der Waals surface area contributed by atoms with Gasteiger partial charge in [-0.1, -0.05) is 68.1 Å². The molecule has 0 fully saturated rings. The fourth-order valence-corrected chi connectivity index (χ4v) is 3.63. The monoisotopic (exact) mass is 327 g/mol. The van der Waals surface area contributed by atoms with E-state index in [0.29, 0.717) is 0 Å². The van der Waals surface area contributed by atoms with Crippen molar-refractivity contribution in [2.45, 2.75) is 34.1 Å². The van der Waals surface area contributed by atoms with Gasteiger partial charge >= 0.3 is 0 Å². The summed E-state index contributed by atoms with van der Waals surface area (Å²) in [6.07, 6.45) is 11.3. The fourth-order valence-electron chi connectivity index (χ4n) is 3.63. The minimum Gasteiger partial charge on any atom is -0.247 e. The van der Waals surface area contributed by atoms with Crippen LogP contribution < -0.4 is 0 Å². The lowest BCUT2D eigenvalue weighted by Gasteiger charge is -2.15. The molecule has 3 rings (SSSR count). The predicted molar refractivity (Wildman–Crippen MR) is 113 cm³/mol. The molecular weight excluding hydrogens is 302 g/mol. The third-order valence-corrected chi connectivity index (χ3v) is 4.85. The molecule has 1 nitrogen and oxygen atoms in total. The first-order chi connectivity index (χ1) is 12.2. The number of hydrogen-bond acceptors (Lipinski definition) is 1. The topological polar surface area (TPSA) is 12.9 Å². The van der Waals surface area contributed by atoms with Crippen LogP contribution in [-0.2, 0) is 6.42 Å². The summed E-state index contributed by atoms with van der Waals surface area (Å²) >= 11 is 0. The van der Waals surface area contributed by atoms with E-state index >= 15 is 0 Å². The molecule has 1 heterocycles. The van der Waals surface area contributed by atoms with Crippen molar-refractivity contribution in [3.8, 4) is 0 Å². The number of aryl methyl sites for hydroxylation is 2. The van der Waals surface area contributed by atoms with Crippen LogP contribution in [0.25, 0.3) is 40.0 Å². The Morgan fingerprint density at radius 2 is 1.52 bits per heavy atom. The number of hydrogen-bond donors (Lipinski definition) is 0. The van der Waals surface area contributed by atoms with Crippen LogP contribution >= 0.6 is 0 Å². The second-order valence-corrected chi connectivity index (χ2v) is 6.29. The summed E-state index contributed by atoms with van der Waals surface area (Å²) in [5.74, 6) is 0. The van der Waals surface area contributed by atoms with Crippen molar-refractivity contribution in [2.75, 3.05) is 0 Å². The van der Waals surface area contributed by atoms with Crippen LogP contribution in [0.15, 0.2) is 43.0 Å². The highest BCUT2D eigenvalue weighted by Crippen LogP contribution is 2.33. The molecule has 0 aliphatic heterocycles. The average molecular weight is 327 g/mol. The van der Waals surface area contributed by atoms with E-state index in [1.807, 2.05) is 13.0 Å². The van der Waals surface area contributed by atoms with Gasteiger partial charge in [-0.15, -0.1) is 0 Å². The SMILES string of the molecule is C=Cc1c(/C=C\C)ccc2c(C)c3ccc(/C=C\C)c(CC)c3nc12. The van der Waals surface area contributed by atoms with Crippen molar-refractivity contribution < 1.29 is 0 Å². The van der Waals surface area contributed by atoms with E-state index < -0.39 is 0 Å². The van der Waals surface area contributed by atoms with Crippen LogP contribution in [0.4, 0.5) is 0 Å². The highest BCUT2D eigenvalue weighted by Gasteiger charge is 2.13. The minimum atomic E-state index is 0.965. The first-order valence-electron chi connectivity index (χ1n) is 8.92. The smallest absolute Gasteiger partial charge is 0.0790 e. The van der Waals surface area contributed by atoms with E-state index in [0.717, 1.165) is 23.0 Å². The number of aromatic nitrogens is 1. The average Bonchev–Trinajstić information content (AvgIpc) is 2.62. The van der Waals surface area contributed by atoms with Crippen molar-refractivity contribution >= 4 is 40.0 Å². The molecule has 0 amide bonds. The molecule has 0 spiro atoms. The van der Waals surface area contributed by atoms with Crippen molar-refractivity contribution in [3.05, 3.63) is 70.8 Å². The Morgan fingerprint density at radius 3 is 2.12 bits per heavy atom. The standard InChI is InChI=1S/C24H25N/c1-6-10-17-12-14-21-16(5)22-15-13-18(11-7-2)20(9-4)24(22)25-23(21)19(17)8-3/h6-8,10-15H,3,9H2,1-2,4-5H3/b10-6-,11-7-. The summed E-state index contributed by atoms with van der Waals surface area (Å²) in [6.45, 7) is 12.5. The van der Waals surface area contributed by atoms with Gasteiger partial charge in [-0.05, 0) is 49.4 Å². The molecule has 0 saturated carbocycles. The number of allylic oxidation sites excluding steroid dienone is 2. The van der Waals surface area contributed by atoms with Gasteiger partial charge < -0.3 is 0 Å². The van der Waals surface area contributed by atoms with Gasteiger partial charge in [-0.25, -0.2) is 4.98 Å². The first kappa shape index (κ1) is 17.2. The van der Waals surface area contributed by atoms with Crippen molar-refractivity contribution in [3.63, 3.8) is 0 Å². The molecular formula is C24H25N. The van der Waals surface area contributed by atoms with Crippen LogP contribution in [0.3, 0.4) is 0 Å². The Hall–Kier alpha value is -2.67. The molecule has 126 valence electrons. The Morgan fingerprint density at radius 1 is 0.920 bits per heavy atom.